The summed E-state index contributed by atoms with van der Waals surface area (Å²) >= 11 is 2.24. The molecule has 0 fully saturated rings. The molecular weight excluding hydrogens is 405 g/mol. The van der Waals surface area contributed by atoms with Gasteiger partial charge in [0.15, 0.2) is 11.5 Å². The Morgan fingerprint density at radius 3 is 2.35 bits per heavy atom. The zero-order valence-corrected chi connectivity index (χ0v) is 15.6. The van der Waals surface area contributed by atoms with E-state index in [0.717, 1.165) is 14.8 Å². The molecule has 4 nitrogen and oxygen atoms in total. The maximum Gasteiger partial charge on any atom is 0.227 e. The van der Waals surface area contributed by atoms with Crippen LogP contribution in [0.3, 0.4) is 0 Å². The molecule has 122 valence electrons. The Bertz CT molecular complexity index is 670. The average molecular weight is 425 g/mol. The highest BCUT2D eigenvalue weighted by Gasteiger charge is 2.15. The zero-order chi connectivity index (χ0) is 16.8. The maximum absolute atomic E-state index is 12.3. The van der Waals surface area contributed by atoms with Crippen LogP contribution in [0.15, 0.2) is 42.5 Å². The highest BCUT2D eigenvalue weighted by Crippen LogP contribution is 2.28. The molecule has 5 heteroatoms. The molecule has 0 bridgehead atoms. The fourth-order valence-corrected chi connectivity index (χ4v) is 2.61. The quantitative estimate of drug-likeness (QED) is 0.709. The van der Waals surface area contributed by atoms with E-state index in [9.17, 15) is 4.79 Å². The first kappa shape index (κ1) is 17.6. The minimum atomic E-state index is -0.146. The van der Waals surface area contributed by atoms with Crippen molar-refractivity contribution in [3.8, 4) is 11.5 Å². The molecule has 1 atom stereocenters. The van der Waals surface area contributed by atoms with E-state index in [0.29, 0.717) is 17.9 Å². The van der Waals surface area contributed by atoms with Gasteiger partial charge in [-0.05, 0) is 71.0 Å². The van der Waals surface area contributed by atoms with Crippen LogP contribution in [0.2, 0.25) is 0 Å². The lowest BCUT2D eigenvalue weighted by Crippen LogP contribution is -2.22. The predicted octanol–water partition coefficient (Wildman–Crippen LogP) is 4.13. The molecule has 0 aliphatic rings. The largest absolute Gasteiger partial charge is 0.493 e. The Labute approximate surface area is 150 Å². The van der Waals surface area contributed by atoms with Crippen LogP contribution in [0.25, 0.3) is 0 Å². The molecule has 0 spiro atoms. The standard InChI is InChI=1S/C18H20INO3/c1-12(18(21)20-15-7-5-14(19)6-8-15)10-13-4-9-16(22-2)17(11-13)23-3/h4-9,11-12H,10H2,1-3H3,(H,20,21). The molecule has 0 aliphatic heterocycles. The number of benzene rings is 2. The lowest BCUT2D eigenvalue weighted by molar-refractivity contribution is -0.119. The predicted molar refractivity (Wildman–Crippen MR) is 100 cm³/mol. The first-order chi connectivity index (χ1) is 11.0. The number of hydrogen-bond donors (Lipinski definition) is 1. The van der Waals surface area contributed by atoms with Crippen molar-refractivity contribution in [2.24, 2.45) is 5.92 Å². The Balaban J connectivity index is 2.01. The van der Waals surface area contributed by atoms with Gasteiger partial charge in [0.1, 0.15) is 0 Å². The van der Waals surface area contributed by atoms with E-state index in [-0.39, 0.29) is 11.8 Å². The summed E-state index contributed by atoms with van der Waals surface area (Å²) in [7, 11) is 3.21. The zero-order valence-electron chi connectivity index (χ0n) is 13.4. The highest BCUT2D eigenvalue weighted by molar-refractivity contribution is 14.1. The number of amides is 1. The van der Waals surface area contributed by atoms with E-state index in [1.54, 1.807) is 14.2 Å². The first-order valence-corrected chi connectivity index (χ1v) is 8.38. The Morgan fingerprint density at radius 2 is 1.74 bits per heavy atom. The van der Waals surface area contributed by atoms with Crippen molar-refractivity contribution in [2.45, 2.75) is 13.3 Å². The van der Waals surface area contributed by atoms with Gasteiger partial charge in [-0.1, -0.05) is 13.0 Å². The van der Waals surface area contributed by atoms with E-state index in [2.05, 4.69) is 27.9 Å². The molecule has 23 heavy (non-hydrogen) atoms. The summed E-state index contributed by atoms with van der Waals surface area (Å²) in [4.78, 5) is 12.3. The van der Waals surface area contributed by atoms with E-state index < -0.39 is 0 Å². The maximum atomic E-state index is 12.3. The Kier molecular flexibility index (Phi) is 6.27. The Hall–Kier alpha value is -1.76. The van der Waals surface area contributed by atoms with Crippen LogP contribution in [0.1, 0.15) is 12.5 Å². The van der Waals surface area contributed by atoms with Gasteiger partial charge in [0.2, 0.25) is 5.91 Å². The normalized spacial score (nSPS) is 11.7. The topological polar surface area (TPSA) is 47.6 Å². The molecule has 0 radical (unpaired) electrons. The third-order valence-corrected chi connectivity index (χ3v) is 4.27. The van der Waals surface area contributed by atoms with E-state index in [1.807, 2.05) is 49.4 Å². The van der Waals surface area contributed by atoms with Crippen LogP contribution in [0.4, 0.5) is 5.69 Å². The summed E-state index contributed by atoms with van der Waals surface area (Å²) in [5.41, 5.74) is 1.85. The van der Waals surface area contributed by atoms with Crippen molar-refractivity contribution < 1.29 is 14.3 Å². The first-order valence-electron chi connectivity index (χ1n) is 7.31. The van der Waals surface area contributed by atoms with Crippen molar-refractivity contribution in [1.82, 2.24) is 0 Å². The summed E-state index contributed by atoms with van der Waals surface area (Å²) in [5, 5.41) is 2.94. The van der Waals surface area contributed by atoms with Gasteiger partial charge >= 0.3 is 0 Å². The number of carbonyl (C=O) groups excluding carboxylic acids is 1. The lowest BCUT2D eigenvalue weighted by Gasteiger charge is -2.14. The minimum Gasteiger partial charge on any atom is -0.493 e. The van der Waals surface area contributed by atoms with Crippen LogP contribution in [-0.4, -0.2) is 20.1 Å². The molecule has 0 aromatic heterocycles. The summed E-state index contributed by atoms with van der Waals surface area (Å²) in [6.45, 7) is 1.92. The number of halogens is 1. The van der Waals surface area contributed by atoms with Crippen molar-refractivity contribution in [1.29, 1.82) is 0 Å². The van der Waals surface area contributed by atoms with Gasteiger partial charge in [0.25, 0.3) is 0 Å². The number of ether oxygens (including phenoxy) is 2. The van der Waals surface area contributed by atoms with Crippen molar-refractivity contribution in [2.75, 3.05) is 19.5 Å². The van der Waals surface area contributed by atoms with Crippen LogP contribution in [0, 0.1) is 9.49 Å². The van der Waals surface area contributed by atoms with Crippen LogP contribution < -0.4 is 14.8 Å². The van der Waals surface area contributed by atoms with E-state index in [4.69, 9.17) is 9.47 Å². The fraction of sp³-hybridized carbons (Fsp3) is 0.278. The van der Waals surface area contributed by atoms with Gasteiger partial charge in [-0.2, -0.15) is 0 Å². The molecular formula is C18H20INO3. The highest BCUT2D eigenvalue weighted by atomic mass is 127. The molecule has 2 rings (SSSR count). The molecule has 2 aromatic rings. The summed E-state index contributed by atoms with van der Waals surface area (Å²) in [5.74, 6) is 1.22. The van der Waals surface area contributed by atoms with Crippen molar-refractivity contribution in [3.05, 3.63) is 51.6 Å². The molecule has 0 saturated carbocycles. The fourth-order valence-electron chi connectivity index (χ4n) is 2.25. The third kappa shape index (κ3) is 4.86. The number of nitrogens with one attached hydrogen (secondary N) is 1. The number of carbonyl (C=O) groups is 1. The lowest BCUT2D eigenvalue weighted by atomic mass is 10.00. The second kappa shape index (κ2) is 8.19. The smallest absolute Gasteiger partial charge is 0.227 e. The van der Waals surface area contributed by atoms with E-state index >= 15 is 0 Å². The summed E-state index contributed by atoms with van der Waals surface area (Å²) < 4.78 is 11.7. The van der Waals surface area contributed by atoms with Crippen LogP contribution in [0.5, 0.6) is 11.5 Å². The summed E-state index contributed by atoms with van der Waals surface area (Å²) in [6.07, 6.45) is 0.635. The van der Waals surface area contributed by atoms with E-state index in [1.165, 1.54) is 0 Å². The number of hydrogen-bond acceptors (Lipinski definition) is 3. The Morgan fingerprint density at radius 1 is 1.09 bits per heavy atom. The van der Waals surface area contributed by atoms with Gasteiger partial charge in [0.05, 0.1) is 14.2 Å². The second-order valence-electron chi connectivity index (χ2n) is 5.29. The molecule has 0 heterocycles. The number of methoxy groups -OCH3 is 2. The van der Waals surface area contributed by atoms with Gasteiger partial charge in [0, 0.05) is 15.2 Å². The number of anilines is 1. The molecule has 2 aromatic carbocycles. The van der Waals surface area contributed by atoms with Crippen LogP contribution in [-0.2, 0) is 11.2 Å². The summed E-state index contributed by atoms with van der Waals surface area (Å²) in [6, 6.07) is 13.5. The van der Waals surface area contributed by atoms with Gasteiger partial charge in [-0.25, -0.2) is 0 Å². The monoisotopic (exact) mass is 425 g/mol. The van der Waals surface area contributed by atoms with Gasteiger partial charge in [-0.3, -0.25) is 4.79 Å². The molecule has 0 saturated heterocycles. The SMILES string of the molecule is COc1ccc(CC(C)C(=O)Nc2ccc(I)cc2)cc1OC. The third-order valence-electron chi connectivity index (χ3n) is 3.55. The molecule has 1 amide bonds. The van der Waals surface area contributed by atoms with Crippen LogP contribution >= 0.6 is 22.6 Å². The molecule has 1 unspecified atom stereocenters. The average Bonchev–Trinajstić information content (AvgIpc) is 2.56. The number of rotatable bonds is 6. The molecule has 0 aliphatic carbocycles. The van der Waals surface area contributed by atoms with Gasteiger partial charge < -0.3 is 14.8 Å². The van der Waals surface area contributed by atoms with Gasteiger partial charge in [-0.15, -0.1) is 0 Å². The van der Waals surface area contributed by atoms with Crippen molar-refractivity contribution in [3.63, 3.8) is 0 Å². The van der Waals surface area contributed by atoms with Crippen molar-refractivity contribution >= 4 is 34.2 Å². The molecule has 1 N–H and O–H groups in total. The minimum absolute atomic E-state index is 0.000919. The second-order valence-corrected chi connectivity index (χ2v) is 6.54.